The van der Waals surface area contributed by atoms with E-state index >= 15 is 0 Å². The number of aryl methyl sites for hydroxylation is 2. The lowest BCUT2D eigenvalue weighted by Gasteiger charge is -2.22. The number of ether oxygens (including phenoxy) is 1. The molecule has 1 aliphatic heterocycles. The number of amides is 3. The lowest BCUT2D eigenvalue weighted by Crippen LogP contribution is -2.47. The van der Waals surface area contributed by atoms with E-state index in [4.69, 9.17) is 4.74 Å². The van der Waals surface area contributed by atoms with Crippen LogP contribution in [0.4, 0.5) is 0 Å². The molecule has 44 heavy (non-hydrogen) atoms. The van der Waals surface area contributed by atoms with Gasteiger partial charge in [0.15, 0.2) is 0 Å². The first kappa shape index (κ1) is 33.4. The molecule has 0 aliphatic carbocycles. The van der Waals surface area contributed by atoms with E-state index in [1.54, 1.807) is 34.8 Å². The van der Waals surface area contributed by atoms with Gasteiger partial charge in [-0.15, -0.1) is 16.4 Å². The van der Waals surface area contributed by atoms with Crippen molar-refractivity contribution in [2.45, 2.75) is 50.2 Å². The second-order valence-electron chi connectivity index (χ2n) is 10.2. The average molecular weight is 664 g/mol. The van der Waals surface area contributed by atoms with Crippen molar-refractivity contribution in [1.82, 2.24) is 35.2 Å². The van der Waals surface area contributed by atoms with Crippen LogP contribution in [0.5, 0.6) is 5.75 Å². The Morgan fingerprint density at radius 2 is 2.05 bits per heavy atom. The van der Waals surface area contributed by atoms with Crippen molar-refractivity contribution < 1.29 is 27.5 Å². The van der Waals surface area contributed by atoms with Crippen molar-refractivity contribution >= 4 is 50.8 Å². The molecule has 3 heterocycles. The Bertz CT molecular complexity index is 1570. The highest BCUT2D eigenvalue weighted by Gasteiger charge is 2.28. The van der Waals surface area contributed by atoms with Crippen molar-refractivity contribution in [3.8, 4) is 5.75 Å². The van der Waals surface area contributed by atoms with Gasteiger partial charge in [-0.3, -0.25) is 19.1 Å². The molecule has 3 aromatic rings. The van der Waals surface area contributed by atoms with Crippen LogP contribution in [-0.2, 0) is 27.9 Å². The maximum Gasteiger partial charge on any atom is 0.261 e. The van der Waals surface area contributed by atoms with E-state index in [2.05, 4.69) is 26.3 Å². The fourth-order valence-electron chi connectivity index (χ4n) is 4.51. The quantitative estimate of drug-likeness (QED) is 0.358. The molecule has 1 aliphatic rings. The minimum Gasteiger partial charge on any atom is -0.494 e. The number of sulfonamides is 1. The standard InChI is InChI=1S/C28H37N7O6S3/c1-19-6-7-21-14-23(19)26(36)31-24(8-13-42-3)27(37)30-9-4-11-35(17-20-16-34(33-32-20)10-5-12-41-21)44(39,40)22-15-25(43-18-22)28(38)29-2/h6-7,14-16,18,24H,4-5,8-13,17H2,1-3H3,(H,29,38)(H,30,37)(H,31,36)/t24-/m0/s1. The molecule has 2 aromatic heterocycles. The second-order valence-corrected chi connectivity index (χ2v) is 14.0. The van der Waals surface area contributed by atoms with Crippen LogP contribution in [0.15, 0.2) is 40.7 Å². The molecule has 4 rings (SSSR count). The van der Waals surface area contributed by atoms with Crippen LogP contribution in [0.25, 0.3) is 0 Å². The monoisotopic (exact) mass is 663 g/mol. The van der Waals surface area contributed by atoms with Crippen LogP contribution in [0.3, 0.4) is 0 Å². The molecular formula is C28H37N7O6S3. The van der Waals surface area contributed by atoms with Gasteiger partial charge in [0.05, 0.1) is 28.6 Å². The molecule has 4 bridgehead atoms. The van der Waals surface area contributed by atoms with Crippen molar-refractivity contribution in [2.75, 3.05) is 38.8 Å². The molecule has 16 heteroatoms. The predicted molar refractivity (Wildman–Crippen MR) is 168 cm³/mol. The number of rotatable bonds is 6. The first-order chi connectivity index (χ1) is 21.1. The lowest BCUT2D eigenvalue weighted by atomic mass is 10.1. The second kappa shape index (κ2) is 15.5. The zero-order valence-electron chi connectivity index (χ0n) is 24.9. The zero-order valence-corrected chi connectivity index (χ0v) is 27.3. The van der Waals surface area contributed by atoms with E-state index < -0.39 is 16.1 Å². The van der Waals surface area contributed by atoms with Gasteiger partial charge < -0.3 is 20.7 Å². The summed E-state index contributed by atoms with van der Waals surface area (Å²) in [7, 11) is -2.53. The van der Waals surface area contributed by atoms with Crippen LogP contribution in [0.2, 0.25) is 0 Å². The van der Waals surface area contributed by atoms with Crippen molar-refractivity contribution in [3.05, 3.63) is 57.5 Å². The summed E-state index contributed by atoms with van der Waals surface area (Å²) in [4.78, 5) is 38.8. The third-order valence-corrected chi connectivity index (χ3v) is 10.5. The largest absolute Gasteiger partial charge is 0.494 e. The predicted octanol–water partition coefficient (Wildman–Crippen LogP) is 2.04. The van der Waals surface area contributed by atoms with Gasteiger partial charge in [0.25, 0.3) is 11.8 Å². The summed E-state index contributed by atoms with van der Waals surface area (Å²) < 4.78 is 36.2. The molecule has 0 saturated heterocycles. The van der Waals surface area contributed by atoms with Crippen LogP contribution >= 0.6 is 23.1 Å². The number of nitrogens with one attached hydrogen (secondary N) is 3. The third-order valence-electron chi connectivity index (χ3n) is 6.96. The van der Waals surface area contributed by atoms with Crippen molar-refractivity contribution in [3.63, 3.8) is 0 Å². The molecule has 0 radical (unpaired) electrons. The van der Waals surface area contributed by atoms with Crippen molar-refractivity contribution in [1.29, 1.82) is 0 Å². The number of hydrogen-bond donors (Lipinski definition) is 3. The summed E-state index contributed by atoms with van der Waals surface area (Å²) in [5, 5.41) is 18.0. The van der Waals surface area contributed by atoms with Gasteiger partial charge in [-0.25, -0.2) is 8.42 Å². The Kier molecular flexibility index (Phi) is 11.8. The van der Waals surface area contributed by atoms with Gasteiger partial charge in [0.2, 0.25) is 15.9 Å². The van der Waals surface area contributed by atoms with E-state index in [1.807, 2.05) is 19.2 Å². The van der Waals surface area contributed by atoms with E-state index in [-0.39, 0.29) is 47.1 Å². The van der Waals surface area contributed by atoms with Gasteiger partial charge in [0.1, 0.15) is 11.8 Å². The van der Waals surface area contributed by atoms with E-state index in [0.717, 1.165) is 16.9 Å². The molecule has 1 atom stereocenters. The van der Waals surface area contributed by atoms with E-state index in [0.29, 0.717) is 55.2 Å². The highest BCUT2D eigenvalue weighted by Crippen LogP contribution is 2.24. The van der Waals surface area contributed by atoms with Crippen LogP contribution in [0, 0.1) is 6.92 Å². The van der Waals surface area contributed by atoms with Crippen LogP contribution in [-0.4, -0.2) is 90.2 Å². The topological polar surface area (TPSA) is 165 Å². The van der Waals surface area contributed by atoms with E-state index in [9.17, 15) is 22.8 Å². The highest BCUT2D eigenvalue weighted by molar-refractivity contribution is 7.98. The molecule has 0 saturated carbocycles. The summed E-state index contributed by atoms with van der Waals surface area (Å²) in [6.45, 7) is 2.87. The van der Waals surface area contributed by atoms with Gasteiger partial charge in [-0.2, -0.15) is 16.1 Å². The fraction of sp³-hybridized carbons (Fsp3) is 0.464. The highest BCUT2D eigenvalue weighted by atomic mass is 32.2. The Labute approximate surface area is 265 Å². The van der Waals surface area contributed by atoms with E-state index in [1.165, 1.54) is 22.8 Å². The molecule has 0 spiro atoms. The molecule has 3 amide bonds. The van der Waals surface area contributed by atoms with Crippen molar-refractivity contribution in [2.24, 2.45) is 0 Å². The maximum atomic E-state index is 13.7. The Morgan fingerprint density at radius 1 is 1.23 bits per heavy atom. The first-order valence-electron chi connectivity index (χ1n) is 14.1. The molecule has 3 N–H and O–H groups in total. The Hall–Kier alpha value is -3.47. The fourth-order valence-corrected chi connectivity index (χ4v) is 7.64. The number of carbonyl (C=O) groups is 3. The minimum atomic E-state index is -4.01. The zero-order chi connectivity index (χ0) is 31.7. The molecule has 0 unspecified atom stereocenters. The third kappa shape index (κ3) is 8.58. The molecular weight excluding hydrogens is 627 g/mol. The van der Waals surface area contributed by atoms with Gasteiger partial charge in [-0.1, -0.05) is 11.3 Å². The lowest BCUT2D eigenvalue weighted by molar-refractivity contribution is -0.123. The maximum absolute atomic E-state index is 13.7. The SMILES string of the molecule is CNC(=O)c1cc(S(=O)(=O)N2CCCNC(=O)[C@H](CCSC)NC(=O)c3cc(ccc3C)OCCCn3cc(nn3)C2)cs1. The van der Waals surface area contributed by atoms with Crippen LogP contribution < -0.4 is 20.7 Å². The summed E-state index contributed by atoms with van der Waals surface area (Å²) in [6.07, 6.45) is 4.93. The smallest absolute Gasteiger partial charge is 0.261 e. The Morgan fingerprint density at radius 3 is 2.82 bits per heavy atom. The molecule has 1 aromatic carbocycles. The summed E-state index contributed by atoms with van der Waals surface area (Å²) in [6, 6.07) is 5.87. The number of fused-ring (bicyclic) bond motifs is 4. The summed E-state index contributed by atoms with van der Waals surface area (Å²) in [5.41, 5.74) is 1.64. The number of thioether (sulfide) groups is 1. The molecule has 13 nitrogen and oxygen atoms in total. The molecule has 0 fully saturated rings. The summed E-state index contributed by atoms with van der Waals surface area (Å²) in [5.74, 6) is 0.0997. The van der Waals surface area contributed by atoms with Gasteiger partial charge in [0, 0.05) is 50.2 Å². The number of thiophene rings is 1. The number of carbonyl (C=O) groups excluding carboxylic acids is 3. The van der Waals surface area contributed by atoms with Gasteiger partial charge in [-0.05, 0) is 55.5 Å². The molecule has 238 valence electrons. The average Bonchev–Trinajstić information content (AvgIpc) is 3.69. The number of nitrogens with zero attached hydrogens (tertiary/aromatic N) is 4. The number of hydrogen-bond acceptors (Lipinski definition) is 10. The minimum absolute atomic E-state index is 0.00229. The normalized spacial score (nSPS) is 17.7. The first-order valence-corrected chi connectivity index (χ1v) is 17.8. The number of aromatic nitrogens is 3. The Balaban J connectivity index is 1.58. The number of benzene rings is 1. The summed E-state index contributed by atoms with van der Waals surface area (Å²) >= 11 is 2.61. The van der Waals surface area contributed by atoms with Gasteiger partial charge >= 0.3 is 0 Å². The van der Waals surface area contributed by atoms with Crippen LogP contribution in [0.1, 0.15) is 50.5 Å².